The molecule has 0 saturated carbocycles. The molecule has 0 bridgehead atoms. The third kappa shape index (κ3) is 4.95. The molecular formula is C29H26ClN3O2S. The highest BCUT2D eigenvalue weighted by Gasteiger charge is 2.38. The lowest BCUT2D eigenvalue weighted by Gasteiger charge is -2.42. The van der Waals surface area contributed by atoms with Crippen LogP contribution < -0.4 is 9.64 Å². The third-order valence-electron chi connectivity index (χ3n) is 6.64. The van der Waals surface area contributed by atoms with E-state index in [0.29, 0.717) is 35.5 Å². The number of aryl methyl sites for hydroxylation is 1. The van der Waals surface area contributed by atoms with Gasteiger partial charge in [0.25, 0.3) is 0 Å². The van der Waals surface area contributed by atoms with E-state index in [2.05, 4.69) is 42.2 Å². The summed E-state index contributed by atoms with van der Waals surface area (Å²) in [6.07, 6.45) is 1.27. The molecule has 5 rings (SSSR count). The minimum Gasteiger partial charge on any atom is -0.489 e. The van der Waals surface area contributed by atoms with Crippen molar-refractivity contribution in [3.05, 3.63) is 105 Å². The molecule has 36 heavy (non-hydrogen) atoms. The molecule has 3 aromatic rings. The van der Waals surface area contributed by atoms with Crippen molar-refractivity contribution in [2.45, 2.75) is 32.3 Å². The summed E-state index contributed by atoms with van der Waals surface area (Å²) < 4.78 is 5.90. The Labute approximate surface area is 220 Å². The van der Waals surface area contributed by atoms with Crippen LogP contribution in [0.5, 0.6) is 5.75 Å². The van der Waals surface area contributed by atoms with Gasteiger partial charge in [-0.15, -0.1) is 0 Å². The Hall–Kier alpha value is -3.40. The summed E-state index contributed by atoms with van der Waals surface area (Å²) in [6.45, 7) is 2.97. The van der Waals surface area contributed by atoms with E-state index in [-0.39, 0.29) is 18.2 Å². The van der Waals surface area contributed by atoms with Gasteiger partial charge in [0.15, 0.2) is 0 Å². The molecular weight excluding hydrogens is 490 g/mol. The highest BCUT2D eigenvalue weighted by atomic mass is 35.5. The number of carbonyl (C=O) groups is 1. The molecule has 1 saturated heterocycles. The monoisotopic (exact) mass is 515 g/mol. The number of anilines is 1. The molecule has 2 heterocycles. The number of hydrogen-bond acceptors (Lipinski definition) is 5. The first-order chi connectivity index (χ1) is 17.6. The zero-order valence-electron chi connectivity index (χ0n) is 20.0. The second kappa shape index (κ2) is 10.7. The molecule has 0 aromatic heterocycles. The fourth-order valence-corrected chi connectivity index (χ4v) is 5.88. The van der Waals surface area contributed by atoms with Crippen molar-refractivity contribution in [1.82, 2.24) is 4.90 Å². The van der Waals surface area contributed by atoms with Gasteiger partial charge in [-0.1, -0.05) is 72.8 Å². The molecule has 2 aliphatic heterocycles. The van der Waals surface area contributed by atoms with E-state index in [1.54, 1.807) is 16.7 Å². The van der Waals surface area contributed by atoms with Gasteiger partial charge in [-0.2, -0.15) is 5.26 Å². The summed E-state index contributed by atoms with van der Waals surface area (Å²) in [6, 6.07) is 26.1. The van der Waals surface area contributed by atoms with Crippen molar-refractivity contribution in [1.29, 1.82) is 5.26 Å². The van der Waals surface area contributed by atoms with Gasteiger partial charge in [0.2, 0.25) is 5.91 Å². The number of fused-ring (bicyclic) bond motifs is 1. The lowest BCUT2D eigenvalue weighted by molar-refractivity contribution is -0.129. The van der Waals surface area contributed by atoms with Crippen LogP contribution >= 0.6 is 23.4 Å². The number of halogens is 1. The van der Waals surface area contributed by atoms with Crippen LogP contribution in [0.4, 0.5) is 5.69 Å². The molecule has 182 valence electrons. The van der Waals surface area contributed by atoms with E-state index < -0.39 is 0 Å². The average molecular weight is 516 g/mol. The number of ether oxygens (including phenoxy) is 1. The van der Waals surface area contributed by atoms with Crippen molar-refractivity contribution in [2.24, 2.45) is 0 Å². The van der Waals surface area contributed by atoms with Crippen molar-refractivity contribution < 1.29 is 9.53 Å². The maximum absolute atomic E-state index is 13.2. The van der Waals surface area contributed by atoms with Gasteiger partial charge in [0, 0.05) is 28.6 Å². The highest BCUT2D eigenvalue weighted by molar-refractivity contribution is 8.03. The molecule has 0 N–H and O–H groups in total. The molecule has 1 fully saturated rings. The minimum absolute atomic E-state index is 0.0374. The van der Waals surface area contributed by atoms with E-state index in [9.17, 15) is 10.1 Å². The van der Waals surface area contributed by atoms with Crippen molar-refractivity contribution >= 4 is 35.0 Å². The number of amides is 1. The van der Waals surface area contributed by atoms with Gasteiger partial charge in [0.1, 0.15) is 12.4 Å². The molecule has 7 heteroatoms. The van der Waals surface area contributed by atoms with Crippen LogP contribution in [-0.4, -0.2) is 23.4 Å². The zero-order valence-corrected chi connectivity index (χ0v) is 21.6. The largest absolute Gasteiger partial charge is 0.489 e. The standard InChI is InChI=1S/C29H26ClN3O2S/c1-2-20-7-11-23(12-8-20)32-18-33-28(34)15-25(26(16-31)29(33)36-19-32)21-9-13-24(14-10-21)35-17-22-5-3-4-6-27(22)30/h3-14,25H,2,15,17-19H2,1H3. The SMILES string of the molecule is CCc1ccc(N2CSC3=C(C#N)C(c4ccc(OCc5ccccc5Cl)cc4)CC(=O)N3C2)cc1. The van der Waals surface area contributed by atoms with Crippen LogP contribution in [0, 0.1) is 11.3 Å². The number of thioether (sulfide) groups is 1. The smallest absolute Gasteiger partial charge is 0.229 e. The van der Waals surface area contributed by atoms with Gasteiger partial charge >= 0.3 is 0 Å². The van der Waals surface area contributed by atoms with Crippen LogP contribution in [0.25, 0.3) is 0 Å². The van der Waals surface area contributed by atoms with Gasteiger partial charge in [0.05, 0.1) is 29.2 Å². The molecule has 5 nitrogen and oxygen atoms in total. The Morgan fingerprint density at radius 1 is 1.08 bits per heavy atom. The number of carbonyl (C=O) groups excluding carboxylic acids is 1. The fraction of sp³-hybridized carbons (Fsp3) is 0.241. The first kappa shape index (κ1) is 24.3. The van der Waals surface area contributed by atoms with E-state index in [4.69, 9.17) is 16.3 Å². The second-order valence-corrected chi connectivity index (χ2v) is 10.2. The van der Waals surface area contributed by atoms with E-state index in [0.717, 1.165) is 28.3 Å². The minimum atomic E-state index is -0.255. The Morgan fingerprint density at radius 3 is 2.53 bits per heavy atom. The topological polar surface area (TPSA) is 56.6 Å². The summed E-state index contributed by atoms with van der Waals surface area (Å²) in [5.41, 5.74) is 4.88. The second-order valence-electron chi connectivity index (χ2n) is 8.83. The Kier molecular flexibility index (Phi) is 7.22. The lowest BCUT2D eigenvalue weighted by atomic mass is 9.86. The summed E-state index contributed by atoms with van der Waals surface area (Å²) in [4.78, 5) is 17.1. The van der Waals surface area contributed by atoms with Crippen LogP contribution in [0.2, 0.25) is 5.02 Å². The van der Waals surface area contributed by atoms with Gasteiger partial charge in [-0.25, -0.2) is 0 Å². The molecule has 0 aliphatic carbocycles. The molecule has 1 unspecified atom stereocenters. The quantitative estimate of drug-likeness (QED) is 0.365. The van der Waals surface area contributed by atoms with Crippen LogP contribution in [-0.2, 0) is 17.8 Å². The van der Waals surface area contributed by atoms with E-state index >= 15 is 0 Å². The van der Waals surface area contributed by atoms with Gasteiger partial charge in [-0.05, 0) is 47.9 Å². The number of nitriles is 1. The predicted octanol–water partition coefficient (Wildman–Crippen LogP) is 6.70. The highest BCUT2D eigenvalue weighted by Crippen LogP contribution is 2.43. The fourth-order valence-electron chi connectivity index (χ4n) is 4.53. The van der Waals surface area contributed by atoms with Crippen LogP contribution in [0.3, 0.4) is 0 Å². The number of nitrogens with zero attached hydrogens (tertiary/aromatic N) is 3. The summed E-state index contributed by atoms with van der Waals surface area (Å²) >= 11 is 7.77. The molecule has 0 spiro atoms. The van der Waals surface area contributed by atoms with Crippen molar-refractivity contribution in [3.8, 4) is 11.8 Å². The molecule has 0 radical (unpaired) electrons. The van der Waals surface area contributed by atoms with E-state index in [1.165, 1.54) is 5.56 Å². The maximum Gasteiger partial charge on any atom is 0.229 e. The van der Waals surface area contributed by atoms with Crippen molar-refractivity contribution in [3.63, 3.8) is 0 Å². The Morgan fingerprint density at radius 2 is 1.83 bits per heavy atom. The average Bonchev–Trinajstić information content (AvgIpc) is 2.93. The van der Waals surface area contributed by atoms with Crippen molar-refractivity contribution in [2.75, 3.05) is 17.4 Å². The zero-order chi connectivity index (χ0) is 25.1. The Balaban J connectivity index is 1.32. The number of hydrogen-bond donors (Lipinski definition) is 0. The first-order valence-electron chi connectivity index (χ1n) is 11.9. The lowest BCUT2D eigenvalue weighted by Crippen LogP contribution is -2.47. The summed E-state index contributed by atoms with van der Waals surface area (Å²) in [7, 11) is 0. The van der Waals surface area contributed by atoms with Crippen LogP contribution in [0.15, 0.2) is 83.4 Å². The predicted molar refractivity (Wildman–Crippen MR) is 145 cm³/mol. The molecule has 2 aliphatic rings. The molecule has 3 aromatic carbocycles. The molecule has 1 amide bonds. The normalized spacial score (nSPS) is 17.6. The first-order valence-corrected chi connectivity index (χ1v) is 13.3. The third-order valence-corrected chi connectivity index (χ3v) is 8.16. The van der Waals surface area contributed by atoms with Gasteiger partial charge in [-0.3, -0.25) is 9.69 Å². The summed E-state index contributed by atoms with van der Waals surface area (Å²) in [5, 5.41) is 11.5. The maximum atomic E-state index is 13.2. The van der Waals surface area contributed by atoms with Crippen LogP contribution in [0.1, 0.15) is 36.0 Å². The van der Waals surface area contributed by atoms with Gasteiger partial charge < -0.3 is 9.64 Å². The summed E-state index contributed by atoms with van der Waals surface area (Å²) in [5.74, 6) is 1.19. The molecule has 1 atom stereocenters. The number of benzene rings is 3. The van der Waals surface area contributed by atoms with E-state index in [1.807, 2.05) is 48.5 Å². The Bertz CT molecular complexity index is 1330. The number of allylic oxidation sites excluding steroid dienone is 1. The number of rotatable bonds is 6.